The van der Waals surface area contributed by atoms with Gasteiger partial charge < -0.3 is 15.0 Å². The summed E-state index contributed by atoms with van der Waals surface area (Å²) in [5.74, 6) is -0.579. The molecule has 3 aromatic rings. The van der Waals surface area contributed by atoms with Crippen LogP contribution in [0.3, 0.4) is 0 Å². The van der Waals surface area contributed by atoms with Gasteiger partial charge in [0.05, 0.1) is 24.9 Å². The third-order valence-corrected chi connectivity index (χ3v) is 4.72. The van der Waals surface area contributed by atoms with Crippen molar-refractivity contribution in [2.45, 2.75) is 5.03 Å². The Labute approximate surface area is 138 Å². The fourth-order valence-electron chi connectivity index (χ4n) is 1.83. The Kier molecular flexibility index (Phi) is 4.53. The highest BCUT2D eigenvalue weighted by molar-refractivity contribution is 8.00. The van der Waals surface area contributed by atoms with Gasteiger partial charge in [0.25, 0.3) is 0 Å². The highest BCUT2D eigenvalue weighted by atomic mass is 32.2. The topological polar surface area (TPSA) is 110 Å². The summed E-state index contributed by atoms with van der Waals surface area (Å²) in [5, 5.41) is 5.05. The van der Waals surface area contributed by atoms with Crippen LogP contribution in [0.2, 0.25) is 0 Å². The summed E-state index contributed by atoms with van der Waals surface area (Å²) >= 11 is 2.47. The second-order valence-corrected chi connectivity index (χ2v) is 6.15. The minimum Gasteiger partial charge on any atom is -0.465 e. The van der Waals surface area contributed by atoms with Gasteiger partial charge in [-0.2, -0.15) is 0 Å². The number of rotatable bonds is 5. The maximum absolute atomic E-state index is 12.1. The number of methoxy groups -OCH3 is 1. The van der Waals surface area contributed by atoms with E-state index >= 15 is 0 Å². The van der Waals surface area contributed by atoms with Gasteiger partial charge in [-0.15, -0.1) is 11.3 Å². The first-order chi connectivity index (χ1) is 11.2. The molecule has 0 spiro atoms. The average Bonchev–Trinajstić information content (AvgIpc) is 3.21. The number of nitrogens with zero attached hydrogens (tertiary/aromatic N) is 3. The monoisotopic (exact) mass is 349 g/mol. The van der Waals surface area contributed by atoms with Crippen molar-refractivity contribution in [2.24, 2.45) is 0 Å². The summed E-state index contributed by atoms with van der Waals surface area (Å²) in [6.07, 6.45) is 2.93. The fourth-order valence-corrected chi connectivity index (χ4v) is 3.35. The average molecular weight is 349 g/mol. The third kappa shape index (κ3) is 3.32. The Morgan fingerprint density at radius 3 is 3.09 bits per heavy atom. The zero-order chi connectivity index (χ0) is 16.2. The Morgan fingerprint density at radius 2 is 2.26 bits per heavy atom. The van der Waals surface area contributed by atoms with E-state index in [0.29, 0.717) is 26.8 Å². The number of fused-ring (bicyclic) bond motifs is 1. The molecule has 0 unspecified atom stereocenters. The van der Waals surface area contributed by atoms with Gasteiger partial charge in [0.15, 0.2) is 5.65 Å². The van der Waals surface area contributed by atoms with E-state index in [1.807, 2.05) is 0 Å². The molecule has 0 aliphatic carbocycles. The number of hydrogen-bond acceptors (Lipinski definition) is 8. The molecule has 0 aromatic carbocycles. The van der Waals surface area contributed by atoms with Gasteiger partial charge in [-0.1, -0.05) is 11.8 Å². The molecule has 0 aliphatic heterocycles. The summed E-state index contributed by atoms with van der Waals surface area (Å²) in [4.78, 5) is 39.1. The van der Waals surface area contributed by atoms with Crippen molar-refractivity contribution in [2.75, 3.05) is 18.2 Å². The smallest absolute Gasteiger partial charge is 0.350 e. The highest BCUT2D eigenvalue weighted by Gasteiger charge is 2.16. The van der Waals surface area contributed by atoms with E-state index in [9.17, 15) is 9.59 Å². The van der Waals surface area contributed by atoms with Crippen LogP contribution in [-0.2, 0) is 9.53 Å². The summed E-state index contributed by atoms with van der Waals surface area (Å²) in [5.41, 5.74) is 1.69. The molecule has 8 nitrogen and oxygen atoms in total. The van der Waals surface area contributed by atoms with Gasteiger partial charge in [-0.05, 0) is 11.4 Å². The Bertz CT molecular complexity index is 860. The first-order valence-corrected chi connectivity index (χ1v) is 8.28. The molecular formula is C13H11N5O3S2. The fraction of sp³-hybridized carbons (Fsp3) is 0.154. The van der Waals surface area contributed by atoms with Crippen molar-refractivity contribution in [3.8, 4) is 0 Å². The number of nitrogens with one attached hydrogen (secondary N) is 2. The maximum Gasteiger partial charge on any atom is 0.350 e. The van der Waals surface area contributed by atoms with Crippen LogP contribution in [0.1, 0.15) is 9.67 Å². The van der Waals surface area contributed by atoms with Crippen LogP contribution in [0.5, 0.6) is 0 Å². The van der Waals surface area contributed by atoms with Crippen molar-refractivity contribution in [3.05, 3.63) is 29.0 Å². The van der Waals surface area contributed by atoms with Crippen LogP contribution in [0.4, 0.5) is 5.69 Å². The molecule has 0 fully saturated rings. The first kappa shape index (κ1) is 15.4. The lowest BCUT2D eigenvalue weighted by Gasteiger charge is -2.05. The normalized spacial score (nSPS) is 10.7. The van der Waals surface area contributed by atoms with Crippen molar-refractivity contribution in [1.82, 2.24) is 19.9 Å². The lowest BCUT2D eigenvalue weighted by atomic mass is 10.4. The number of hydrogen-bond donors (Lipinski definition) is 2. The molecule has 3 aromatic heterocycles. The molecule has 2 N–H and O–H groups in total. The molecule has 118 valence electrons. The molecular weight excluding hydrogens is 338 g/mol. The molecule has 0 saturated heterocycles. The molecule has 0 aliphatic rings. The van der Waals surface area contributed by atoms with Crippen molar-refractivity contribution < 1.29 is 14.3 Å². The summed E-state index contributed by atoms with van der Waals surface area (Å²) < 4.78 is 4.67. The molecule has 1 amide bonds. The van der Waals surface area contributed by atoms with Crippen LogP contribution < -0.4 is 5.32 Å². The first-order valence-electron chi connectivity index (χ1n) is 6.41. The second-order valence-electron chi connectivity index (χ2n) is 4.27. The Balaban J connectivity index is 1.65. The number of anilines is 1. The Morgan fingerprint density at radius 1 is 1.39 bits per heavy atom. The standard InChI is InChI=1S/C13H11N5O3S2/c1-21-13(20)10-7(2-3-22-10)18-8(19)4-23-12-9-11(15-5-14-9)16-6-17-12/h2-3,5-6H,4H2,1H3,(H,18,19)(H,14,15,16,17). The molecule has 0 radical (unpaired) electrons. The summed E-state index contributed by atoms with van der Waals surface area (Å²) in [6, 6.07) is 1.66. The molecule has 23 heavy (non-hydrogen) atoms. The van der Waals surface area contributed by atoms with Gasteiger partial charge in [-0.3, -0.25) is 4.79 Å². The number of thiophene rings is 1. The van der Waals surface area contributed by atoms with Gasteiger partial charge in [0.2, 0.25) is 5.91 Å². The number of aromatic amines is 1. The minimum atomic E-state index is -0.474. The molecule has 0 atom stereocenters. The van der Waals surface area contributed by atoms with Gasteiger partial charge in [0.1, 0.15) is 21.7 Å². The van der Waals surface area contributed by atoms with Crippen LogP contribution in [0.15, 0.2) is 29.1 Å². The van der Waals surface area contributed by atoms with Crippen molar-refractivity contribution in [3.63, 3.8) is 0 Å². The zero-order valence-electron chi connectivity index (χ0n) is 11.9. The van der Waals surface area contributed by atoms with Gasteiger partial charge >= 0.3 is 5.97 Å². The quantitative estimate of drug-likeness (QED) is 0.411. The number of H-pyrrole nitrogens is 1. The number of aromatic nitrogens is 4. The Hall–Kier alpha value is -2.46. The number of thioether (sulfide) groups is 1. The SMILES string of the molecule is COC(=O)c1sccc1NC(=O)CSc1ncnc2nc[nH]c12. The molecule has 3 rings (SSSR count). The largest absolute Gasteiger partial charge is 0.465 e. The third-order valence-electron chi connectivity index (χ3n) is 2.84. The van der Waals surface area contributed by atoms with Gasteiger partial charge in [0, 0.05) is 0 Å². The van der Waals surface area contributed by atoms with Crippen molar-refractivity contribution in [1.29, 1.82) is 0 Å². The number of esters is 1. The molecule has 0 bridgehead atoms. The van der Waals surface area contributed by atoms with E-state index < -0.39 is 5.97 Å². The second kappa shape index (κ2) is 6.75. The lowest BCUT2D eigenvalue weighted by Crippen LogP contribution is -2.15. The molecule has 3 heterocycles. The van der Waals surface area contributed by atoms with E-state index in [2.05, 4.69) is 30.0 Å². The molecule has 10 heteroatoms. The number of carbonyl (C=O) groups is 2. The maximum atomic E-state index is 12.1. The minimum absolute atomic E-state index is 0.140. The predicted molar refractivity (Wildman–Crippen MR) is 86.7 cm³/mol. The zero-order valence-corrected chi connectivity index (χ0v) is 13.5. The lowest BCUT2D eigenvalue weighted by molar-refractivity contribution is -0.113. The number of imidazole rings is 1. The predicted octanol–water partition coefficient (Wildman–Crippen LogP) is 1.93. The van der Waals surface area contributed by atoms with E-state index in [4.69, 9.17) is 0 Å². The van der Waals surface area contributed by atoms with E-state index in [0.717, 1.165) is 0 Å². The summed E-state index contributed by atoms with van der Waals surface area (Å²) in [7, 11) is 1.30. The number of amides is 1. The van der Waals surface area contributed by atoms with Crippen LogP contribution >= 0.6 is 23.1 Å². The van der Waals surface area contributed by atoms with E-state index in [1.54, 1.807) is 11.4 Å². The number of ether oxygens (including phenoxy) is 1. The molecule has 0 saturated carbocycles. The highest BCUT2D eigenvalue weighted by Crippen LogP contribution is 2.25. The summed E-state index contributed by atoms with van der Waals surface area (Å²) in [6.45, 7) is 0. The van der Waals surface area contributed by atoms with Gasteiger partial charge in [-0.25, -0.2) is 19.7 Å². The number of carbonyl (C=O) groups excluding carboxylic acids is 2. The van der Waals surface area contributed by atoms with Crippen LogP contribution in [0, 0.1) is 0 Å². The van der Waals surface area contributed by atoms with E-state index in [1.165, 1.54) is 42.9 Å². The van der Waals surface area contributed by atoms with Crippen LogP contribution in [0.25, 0.3) is 11.2 Å². The van der Waals surface area contributed by atoms with Crippen molar-refractivity contribution >= 4 is 51.8 Å². The van der Waals surface area contributed by atoms with Crippen LogP contribution in [-0.4, -0.2) is 44.7 Å². The van der Waals surface area contributed by atoms with E-state index in [-0.39, 0.29) is 11.7 Å².